The molecule has 1 unspecified atom stereocenters. The van der Waals surface area contributed by atoms with Gasteiger partial charge in [-0.25, -0.2) is 4.98 Å². The van der Waals surface area contributed by atoms with Crippen LogP contribution in [0.3, 0.4) is 0 Å². The van der Waals surface area contributed by atoms with Crippen molar-refractivity contribution in [3.63, 3.8) is 0 Å². The molecule has 0 saturated carbocycles. The van der Waals surface area contributed by atoms with Gasteiger partial charge in [-0.05, 0) is 25.5 Å². The van der Waals surface area contributed by atoms with Crippen molar-refractivity contribution >= 4 is 18.3 Å². The minimum Gasteiger partial charge on any atom is -0.441 e. The number of hydrogen-bond donors (Lipinski definition) is 1. The fourth-order valence-electron chi connectivity index (χ4n) is 3.72. The molecule has 0 spiro atoms. The Hall–Kier alpha value is -1.89. The maximum atomic E-state index is 12.9. The highest BCUT2D eigenvalue weighted by molar-refractivity contribution is 5.94. The number of halogens is 1. The summed E-state index contributed by atoms with van der Waals surface area (Å²) in [4.78, 5) is 21.8. The summed E-state index contributed by atoms with van der Waals surface area (Å²) < 4.78 is 5.75. The lowest BCUT2D eigenvalue weighted by Crippen LogP contribution is -2.49. The summed E-state index contributed by atoms with van der Waals surface area (Å²) in [5.74, 6) is 1.09. The Labute approximate surface area is 160 Å². The number of nitrogens with zero attached hydrogens (tertiary/aromatic N) is 3. The Kier molecular flexibility index (Phi) is 5.96. The van der Waals surface area contributed by atoms with Crippen LogP contribution in [0.15, 0.2) is 34.7 Å². The molecular formula is C19H25ClN4O2. The van der Waals surface area contributed by atoms with Gasteiger partial charge in [0.05, 0.1) is 0 Å². The molecule has 140 valence electrons. The molecule has 2 saturated heterocycles. The number of rotatable bonds is 3. The summed E-state index contributed by atoms with van der Waals surface area (Å²) >= 11 is 0. The maximum absolute atomic E-state index is 12.9. The van der Waals surface area contributed by atoms with E-state index in [-0.39, 0.29) is 18.3 Å². The topological polar surface area (TPSA) is 61.6 Å². The van der Waals surface area contributed by atoms with Gasteiger partial charge in [-0.2, -0.15) is 0 Å². The van der Waals surface area contributed by atoms with Crippen LogP contribution in [0.5, 0.6) is 0 Å². The van der Waals surface area contributed by atoms with Gasteiger partial charge in [-0.1, -0.05) is 18.2 Å². The first kappa shape index (κ1) is 18.9. The number of oxazole rings is 1. The summed E-state index contributed by atoms with van der Waals surface area (Å²) in [5.41, 5.74) is 1.34. The largest absolute Gasteiger partial charge is 0.441 e. The van der Waals surface area contributed by atoms with E-state index in [0.717, 1.165) is 51.3 Å². The first-order chi connectivity index (χ1) is 12.2. The molecule has 1 atom stereocenters. The molecule has 1 aromatic heterocycles. The summed E-state index contributed by atoms with van der Waals surface area (Å²) in [6.07, 6.45) is 1.04. The Balaban J connectivity index is 0.00000196. The monoisotopic (exact) mass is 376 g/mol. The molecule has 2 aliphatic heterocycles. The first-order valence-electron chi connectivity index (χ1n) is 8.99. The zero-order valence-electron chi connectivity index (χ0n) is 15.0. The van der Waals surface area contributed by atoms with Crippen molar-refractivity contribution in [3.05, 3.63) is 41.8 Å². The highest BCUT2D eigenvalue weighted by Gasteiger charge is 2.33. The van der Waals surface area contributed by atoms with Crippen LogP contribution in [0.25, 0.3) is 11.5 Å². The Bertz CT molecular complexity index is 743. The number of aromatic nitrogens is 1. The average Bonchev–Trinajstić information content (AvgIpc) is 3.30. The van der Waals surface area contributed by atoms with Gasteiger partial charge in [-0.15, -0.1) is 12.4 Å². The summed E-state index contributed by atoms with van der Waals surface area (Å²) in [7, 11) is 0. The summed E-state index contributed by atoms with van der Waals surface area (Å²) in [6.45, 7) is 7.59. The molecule has 3 heterocycles. The van der Waals surface area contributed by atoms with Crippen molar-refractivity contribution in [2.24, 2.45) is 0 Å². The third kappa shape index (κ3) is 3.77. The van der Waals surface area contributed by atoms with Gasteiger partial charge >= 0.3 is 0 Å². The molecule has 6 nitrogen and oxygen atoms in total. The van der Waals surface area contributed by atoms with Crippen LogP contribution in [0, 0.1) is 6.92 Å². The Morgan fingerprint density at radius 3 is 2.65 bits per heavy atom. The van der Waals surface area contributed by atoms with E-state index in [1.165, 1.54) is 0 Å². The molecule has 1 aromatic carbocycles. The predicted octanol–water partition coefficient (Wildman–Crippen LogP) is 2.19. The number of benzene rings is 1. The number of amides is 1. The SMILES string of the molecule is Cc1oc(-c2ccccc2)nc1C(=O)N1CCC(N2CCNCC2)C1.Cl. The van der Waals surface area contributed by atoms with E-state index in [0.29, 0.717) is 23.4 Å². The third-order valence-electron chi connectivity index (χ3n) is 5.14. The van der Waals surface area contributed by atoms with E-state index < -0.39 is 0 Å². The van der Waals surface area contributed by atoms with Gasteiger partial charge in [0.15, 0.2) is 5.69 Å². The van der Waals surface area contributed by atoms with Crippen molar-refractivity contribution in [3.8, 4) is 11.5 Å². The molecule has 4 rings (SSSR count). The van der Waals surface area contributed by atoms with Gasteiger partial charge in [0.25, 0.3) is 5.91 Å². The Morgan fingerprint density at radius 1 is 1.19 bits per heavy atom. The van der Waals surface area contributed by atoms with Gasteiger partial charge in [0, 0.05) is 50.9 Å². The van der Waals surface area contributed by atoms with Crippen LogP contribution in [0.2, 0.25) is 0 Å². The van der Waals surface area contributed by atoms with Crippen LogP contribution in [0.1, 0.15) is 22.7 Å². The number of piperazine rings is 1. The number of likely N-dealkylation sites (tertiary alicyclic amines) is 1. The van der Waals surface area contributed by atoms with E-state index in [4.69, 9.17) is 4.42 Å². The van der Waals surface area contributed by atoms with Crippen molar-refractivity contribution in [2.45, 2.75) is 19.4 Å². The van der Waals surface area contributed by atoms with Gasteiger partial charge in [0.1, 0.15) is 5.76 Å². The van der Waals surface area contributed by atoms with Crippen LogP contribution in [-0.4, -0.2) is 66.0 Å². The number of hydrogen-bond acceptors (Lipinski definition) is 5. The number of carbonyl (C=O) groups is 1. The molecule has 1 amide bonds. The molecule has 2 fully saturated rings. The van der Waals surface area contributed by atoms with Gasteiger partial charge in [0.2, 0.25) is 5.89 Å². The summed E-state index contributed by atoms with van der Waals surface area (Å²) in [6, 6.07) is 10.2. The molecule has 0 aliphatic carbocycles. The number of aryl methyl sites for hydroxylation is 1. The molecule has 1 N–H and O–H groups in total. The minimum absolute atomic E-state index is 0. The van der Waals surface area contributed by atoms with E-state index in [2.05, 4.69) is 15.2 Å². The molecule has 26 heavy (non-hydrogen) atoms. The second kappa shape index (κ2) is 8.20. The number of nitrogens with one attached hydrogen (secondary N) is 1. The van der Waals surface area contributed by atoms with Crippen LogP contribution in [-0.2, 0) is 0 Å². The lowest BCUT2D eigenvalue weighted by molar-refractivity contribution is 0.0766. The first-order valence-corrected chi connectivity index (χ1v) is 8.99. The average molecular weight is 377 g/mol. The second-order valence-corrected chi connectivity index (χ2v) is 6.77. The van der Waals surface area contributed by atoms with Crippen LogP contribution >= 0.6 is 12.4 Å². The van der Waals surface area contributed by atoms with Gasteiger partial charge in [-0.3, -0.25) is 9.69 Å². The zero-order chi connectivity index (χ0) is 17.2. The minimum atomic E-state index is -0.0129. The standard InChI is InChI=1S/C19H24N4O2.ClH/c1-14-17(21-18(25-14)15-5-3-2-4-6-15)19(24)23-10-7-16(13-23)22-11-8-20-9-12-22;/h2-6,16,20H,7-13H2,1H3;1H. The quantitative estimate of drug-likeness (QED) is 0.889. The fraction of sp³-hybridized carbons (Fsp3) is 0.474. The predicted molar refractivity (Wildman–Crippen MR) is 103 cm³/mol. The lowest BCUT2D eigenvalue weighted by Gasteiger charge is -2.32. The number of carbonyl (C=O) groups excluding carboxylic acids is 1. The molecule has 0 bridgehead atoms. The van der Waals surface area contributed by atoms with E-state index in [9.17, 15) is 4.79 Å². The fourth-order valence-corrected chi connectivity index (χ4v) is 3.72. The van der Waals surface area contributed by atoms with E-state index in [1.54, 1.807) is 0 Å². The Morgan fingerprint density at radius 2 is 1.92 bits per heavy atom. The lowest BCUT2D eigenvalue weighted by atomic mass is 10.2. The van der Waals surface area contributed by atoms with Crippen molar-refractivity contribution < 1.29 is 9.21 Å². The normalized spacial score (nSPS) is 20.8. The molecule has 7 heteroatoms. The maximum Gasteiger partial charge on any atom is 0.276 e. The molecule has 2 aliphatic rings. The molecule has 2 aromatic rings. The van der Waals surface area contributed by atoms with Gasteiger partial charge < -0.3 is 14.6 Å². The van der Waals surface area contributed by atoms with E-state index >= 15 is 0 Å². The van der Waals surface area contributed by atoms with E-state index in [1.807, 2.05) is 42.2 Å². The van der Waals surface area contributed by atoms with Crippen LogP contribution < -0.4 is 5.32 Å². The smallest absolute Gasteiger partial charge is 0.276 e. The van der Waals surface area contributed by atoms with Crippen molar-refractivity contribution in [2.75, 3.05) is 39.3 Å². The summed E-state index contributed by atoms with van der Waals surface area (Å²) in [5, 5.41) is 3.38. The molecule has 0 radical (unpaired) electrons. The third-order valence-corrected chi connectivity index (χ3v) is 5.14. The highest BCUT2D eigenvalue weighted by Crippen LogP contribution is 2.24. The molecular weight excluding hydrogens is 352 g/mol. The zero-order valence-corrected chi connectivity index (χ0v) is 15.8. The van der Waals surface area contributed by atoms with Crippen molar-refractivity contribution in [1.82, 2.24) is 20.1 Å². The highest BCUT2D eigenvalue weighted by atomic mass is 35.5. The van der Waals surface area contributed by atoms with Crippen LogP contribution in [0.4, 0.5) is 0 Å². The second-order valence-electron chi connectivity index (χ2n) is 6.77. The van der Waals surface area contributed by atoms with Crippen molar-refractivity contribution in [1.29, 1.82) is 0 Å².